The number of hydrogen-bond donors (Lipinski definition) is 3. The molecule has 0 radical (unpaired) electrons. The van der Waals surface area contributed by atoms with E-state index in [1.54, 1.807) is 41.5 Å². The standard InChI is InChI=1S/C27H44N4O6/c1-26(2,3)36-22(32)18-31(17-14-21(24(33)34)30-25(35)37-27(4,5)6)16-8-7-11-20-13-12-19-10-9-15-28-23(19)29-20/h12-13,21H,7-11,14-18H2,1-6H3,(H,28,29)(H,30,35)(H,33,34). The summed E-state index contributed by atoms with van der Waals surface area (Å²) in [5, 5.41) is 15.4. The number of hydrogen-bond acceptors (Lipinski definition) is 8. The Kier molecular flexibility index (Phi) is 11.2. The van der Waals surface area contributed by atoms with Crippen molar-refractivity contribution in [1.82, 2.24) is 15.2 Å². The van der Waals surface area contributed by atoms with E-state index in [-0.39, 0.29) is 18.9 Å². The Bertz CT molecular complexity index is 922. The third kappa shape index (κ3) is 12.3. The van der Waals surface area contributed by atoms with Gasteiger partial charge in [0, 0.05) is 18.8 Å². The maximum absolute atomic E-state index is 12.5. The number of esters is 1. The molecule has 37 heavy (non-hydrogen) atoms. The number of nitrogens with zero attached hydrogens (tertiary/aromatic N) is 2. The summed E-state index contributed by atoms with van der Waals surface area (Å²) >= 11 is 0. The summed E-state index contributed by atoms with van der Waals surface area (Å²) in [4.78, 5) is 42.9. The van der Waals surface area contributed by atoms with Crippen molar-refractivity contribution in [3.63, 3.8) is 0 Å². The molecule has 10 nitrogen and oxygen atoms in total. The number of amides is 1. The SMILES string of the molecule is CC(C)(C)OC(=O)CN(CCCCc1ccc2c(n1)NCCC2)CCC(NC(=O)OC(C)(C)C)C(=O)O. The van der Waals surface area contributed by atoms with Crippen LogP contribution in [-0.4, -0.2) is 76.4 Å². The molecule has 10 heteroatoms. The maximum atomic E-state index is 12.5. The van der Waals surface area contributed by atoms with Gasteiger partial charge >= 0.3 is 18.0 Å². The second kappa shape index (κ2) is 13.6. The molecule has 1 amide bonds. The average molecular weight is 521 g/mol. The van der Waals surface area contributed by atoms with Gasteiger partial charge in [-0.1, -0.05) is 6.07 Å². The van der Waals surface area contributed by atoms with E-state index in [0.717, 1.165) is 50.2 Å². The second-order valence-corrected chi connectivity index (χ2v) is 11.5. The number of carbonyl (C=O) groups excluding carboxylic acids is 2. The normalized spacial score (nSPS) is 14.4. The number of unbranched alkanes of at least 4 members (excludes halogenated alkanes) is 1. The summed E-state index contributed by atoms with van der Waals surface area (Å²) in [6.07, 6.45) is 3.99. The molecule has 0 fully saturated rings. The van der Waals surface area contributed by atoms with Crippen molar-refractivity contribution in [3.05, 3.63) is 23.4 Å². The molecule has 2 heterocycles. The summed E-state index contributed by atoms with van der Waals surface area (Å²) in [5.74, 6) is -0.551. The minimum atomic E-state index is -1.16. The summed E-state index contributed by atoms with van der Waals surface area (Å²) in [7, 11) is 0. The molecule has 208 valence electrons. The van der Waals surface area contributed by atoms with Gasteiger partial charge < -0.3 is 25.2 Å². The van der Waals surface area contributed by atoms with Gasteiger partial charge in [0.05, 0.1) is 6.54 Å². The van der Waals surface area contributed by atoms with E-state index in [1.807, 2.05) is 4.90 Å². The number of carbonyl (C=O) groups is 3. The zero-order valence-electron chi connectivity index (χ0n) is 23.2. The number of aliphatic carboxylic acids is 1. The predicted molar refractivity (Wildman–Crippen MR) is 142 cm³/mol. The van der Waals surface area contributed by atoms with Crippen molar-refractivity contribution in [2.24, 2.45) is 0 Å². The van der Waals surface area contributed by atoms with Crippen LogP contribution in [0.4, 0.5) is 10.6 Å². The van der Waals surface area contributed by atoms with Crippen LogP contribution in [0.5, 0.6) is 0 Å². The van der Waals surface area contributed by atoms with Crippen molar-refractivity contribution >= 4 is 23.8 Å². The molecule has 1 aliphatic rings. The number of carboxylic acid groups (broad SMARTS) is 1. The van der Waals surface area contributed by atoms with Crippen LogP contribution in [0.15, 0.2) is 12.1 Å². The first-order valence-corrected chi connectivity index (χ1v) is 13.1. The number of carboxylic acids is 1. The lowest BCUT2D eigenvalue weighted by Gasteiger charge is -2.26. The van der Waals surface area contributed by atoms with Crippen LogP contribution >= 0.6 is 0 Å². The van der Waals surface area contributed by atoms with Gasteiger partial charge in [-0.2, -0.15) is 0 Å². The van der Waals surface area contributed by atoms with E-state index >= 15 is 0 Å². The number of alkyl carbamates (subject to hydrolysis) is 1. The van der Waals surface area contributed by atoms with Crippen LogP contribution in [0.25, 0.3) is 0 Å². The molecular weight excluding hydrogens is 476 g/mol. The largest absolute Gasteiger partial charge is 0.480 e. The first kappa shape index (κ1) is 30.3. The third-order valence-electron chi connectivity index (χ3n) is 5.60. The van der Waals surface area contributed by atoms with E-state index in [4.69, 9.17) is 14.5 Å². The van der Waals surface area contributed by atoms with E-state index in [2.05, 4.69) is 22.8 Å². The lowest BCUT2D eigenvalue weighted by atomic mass is 10.1. The van der Waals surface area contributed by atoms with Crippen molar-refractivity contribution < 1.29 is 29.0 Å². The molecule has 3 N–H and O–H groups in total. The highest BCUT2D eigenvalue weighted by atomic mass is 16.6. The molecule has 0 bridgehead atoms. The van der Waals surface area contributed by atoms with Crippen molar-refractivity contribution in [1.29, 1.82) is 0 Å². The van der Waals surface area contributed by atoms with Crippen LogP contribution in [0.1, 0.15) is 78.5 Å². The van der Waals surface area contributed by atoms with Gasteiger partial charge in [-0.3, -0.25) is 9.69 Å². The van der Waals surface area contributed by atoms with Crippen LogP contribution in [0.2, 0.25) is 0 Å². The van der Waals surface area contributed by atoms with Gasteiger partial charge in [-0.05, 0) is 98.2 Å². The van der Waals surface area contributed by atoms with Crippen LogP contribution in [0, 0.1) is 0 Å². The van der Waals surface area contributed by atoms with E-state index in [0.29, 0.717) is 13.1 Å². The van der Waals surface area contributed by atoms with E-state index in [1.165, 1.54) is 5.56 Å². The highest BCUT2D eigenvalue weighted by molar-refractivity contribution is 5.80. The minimum Gasteiger partial charge on any atom is -0.480 e. The van der Waals surface area contributed by atoms with Gasteiger partial charge in [0.15, 0.2) is 0 Å². The van der Waals surface area contributed by atoms with Crippen LogP contribution in [-0.2, 0) is 31.9 Å². The Hall–Kier alpha value is -2.88. The number of rotatable bonds is 12. The first-order chi connectivity index (χ1) is 17.2. The molecule has 1 atom stereocenters. The lowest BCUT2D eigenvalue weighted by molar-refractivity contribution is -0.156. The fourth-order valence-electron chi connectivity index (χ4n) is 3.99. The number of nitrogens with one attached hydrogen (secondary N) is 2. The molecule has 0 spiro atoms. The summed E-state index contributed by atoms with van der Waals surface area (Å²) in [5.41, 5.74) is 0.932. The van der Waals surface area contributed by atoms with E-state index in [9.17, 15) is 19.5 Å². The molecule has 0 saturated heterocycles. The molecular formula is C27H44N4O6. The number of ether oxygens (including phenoxy) is 2. The fraction of sp³-hybridized carbons (Fsp3) is 0.704. The van der Waals surface area contributed by atoms with Crippen LogP contribution < -0.4 is 10.6 Å². The smallest absolute Gasteiger partial charge is 0.408 e. The zero-order valence-corrected chi connectivity index (χ0v) is 23.2. The summed E-state index contributed by atoms with van der Waals surface area (Å²) in [6.45, 7) is 12.4. The first-order valence-electron chi connectivity index (χ1n) is 13.1. The highest BCUT2D eigenvalue weighted by Crippen LogP contribution is 2.20. The minimum absolute atomic E-state index is 0.0388. The predicted octanol–water partition coefficient (Wildman–Crippen LogP) is 3.77. The number of fused-ring (bicyclic) bond motifs is 1. The Morgan fingerprint density at radius 2 is 1.78 bits per heavy atom. The number of aryl methyl sites for hydroxylation is 2. The molecule has 1 aromatic rings. The van der Waals surface area contributed by atoms with Crippen molar-refractivity contribution in [3.8, 4) is 0 Å². The quantitative estimate of drug-likeness (QED) is 0.278. The molecule has 1 aliphatic heterocycles. The van der Waals surface area contributed by atoms with Gasteiger partial charge in [0.2, 0.25) is 0 Å². The number of aromatic nitrogens is 1. The second-order valence-electron chi connectivity index (χ2n) is 11.5. The zero-order chi connectivity index (χ0) is 27.6. The molecule has 0 saturated carbocycles. The maximum Gasteiger partial charge on any atom is 0.408 e. The fourth-order valence-corrected chi connectivity index (χ4v) is 3.99. The van der Waals surface area contributed by atoms with E-state index < -0.39 is 29.3 Å². The average Bonchev–Trinajstić information content (AvgIpc) is 2.76. The van der Waals surface area contributed by atoms with Crippen molar-refractivity contribution in [2.45, 2.75) is 97.3 Å². The Morgan fingerprint density at radius 3 is 2.43 bits per heavy atom. The van der Waals surface area contributed by atoms with Crippen molar-refractivity contribution in [2.75, 3.05) is 31.5 Å². The third-order valence-corrected chi connectivity index (χ3v) is 5.60. The number of pyridine rings is 1. The van der Waals surface area contributed by atoms with Gasteiger partial charge in [-0.25, -0.2) is 14.6 Å². The molecule has 1 aromatic heterocycles. The Labute approximate surface area is 220 Å². The summed E-state index contributed by atoms with van der Waals surface area (Å²) < 4.78 is 10.7. The highest BCUT2D eigenvalue weighted by Gasteiger charge is 2.26. The lowest BCUT2D eigenvalue weighted by Crippen LogP contribution is -2.46. The summed E-state index contributed by atoms with van der Waals surface area (Å²) in [6, 6.07) is 3.08. The van der Waals surface area contributed by atoms with Crippen LogP contribution in [0.3, 0.4) is 0 Å². The Balaban J connectivity index is 1.93. The molecule has 2 rings (SSSR count). The molecule has 0 aromatic carbocycles. The monoisotopic (exact) mass is 520 g/mol. The molecule has 1 unspecified atom stereocenters. The van der Waals surface area contributed by atoms with Gasteiger partial charge in [0.1, 0.15) is 23.1 Å². The van der Waals surface area contributed by atoms with Gasteiger partial charge in [0.25, 0.3) is 0 Å². The molecule has 0 aliphatic carbocycles. The number of anilines is 1. The van der Waals surface area contributed by atoms with Gasteiger partial charge in [-0.15, -0.1) is 0 Å². The topological polar surface area (TPSA) is 130 Å². The Morgan fingerprint density at radius 1 is 1.08 bits per heavy atom.